The molecule has 0 aromatic heterocycles. The summed E-state index contributed by atoms with van der Waals surface area (Å²) in [6.07, 6.45) is 19.7. The summed E-state index contributed by atoms with van der Waals surface area (Å²) in [4.78, 5) is 50.4. The number of aliphatic carboxylic acids is 2. The molecule has 2 amide bonds. The third kappa shape index (κ3) is 23.5. The Hall–Kier alpha value is -2.32. The van der Waals surface area contributed by atoms with E-state index in [0.717, 1.165) is 51.4 Å². The number of carboxylic acids is 2. The zero-order valence-electron chi connectivity index (χ0n) is 34.4. The van der Waals surface area contributed by atoms with E-state index in [-0.39, 0.29) is 18.2 Å². The maximum absolute atomic E-state index is 13.9. The minimum atomic E-state index is -1.55. The van der Waals surface area contributed by atoms with Crippen LogP contribution in [0.3, 0.4) is 0 Å². The van der Waals surface area contributed by atoms with Crippen molar-refractivity contribution < 1.29 is 54.2 Å². The molecule has 0 aromatic carbocycles. The molecule has 0 saturated carbocycles. The van der Waals surface area contributed by atoms with Gasteiger partial charge in [-0.05, 0) is 26.2 Å². The van der Waals surface area contributed by atoms with Crippen LogP contribution in [0.2, 0.25) is 0 Å². The second-order valence-electron chi connectivity index (χ2n) is 15.8. The summed E-state index contributed by atoms with van der Waals surface area (Å²) in [6.45, 7) is 5.29. The fourth-order valence-corrected chi connectivity index (χ4v) is 7.19. The molecule has 1 rings (SSSR count). The van der Waals surface area contributed by atoms with E-state index in [2.05, 4.69) is 24.5 Å². The quantitative estimate of drug-likeness (QED) is 0.0330. The Balaban J connectivity index is 2.91. The molecule has 13 nitrogen and oxygen atoms in total. The Labute approximate surface area is 331 Å². The van der Waals surface area contributed by atoms with Gasteiger partial charge in [-0.2, -0.15) is 0 Å². The van der Waals surface area contributed by atoms with Crippen molar-refractivity contribution in [1.29, 1.82) is 0 Å². The minimum Gasteiger partial charge on any atom is -0.481 e. The van der Waals surface area contributed by atoms with Gasteiger partial charge in [-0.25, -0.2) is 4.79 Å². The lowest BCUT2D eigenvalue weighted by molar-refractivity contribution is -0.181. The van der Waals surface area contributed by atoms with E-state index in [4.69, 9.17) is 14.6 Å². The standard InChI is InChI=1S/C42H78N2O11/c1-4-6-8-10-12-14-16-18-20-22-24-26-32(27-25-23-21-19-17-15-13-11-9-7-5-2)39(50)44-34(40(51)43-33(41(52)53)28-29-35(46)47)30-54-42-37(49)36(48)38(55-42)31(3)45/h31-34,36-38,42,45,48-49H,4-30H2,1-3H3,(H,43,51)(H,44,50)(H,46,47)(H,52,53)/t31-,33-,34+,36-,37-,38+,42+/m0/s1. The fourth-order valence-electron chi connectivity index (χ4n) is 7.19. The number of aliphatic hydroxyl groups excluding tert-OH is 3. The lowest BCUT2D eigenvalue weighted by Crippen LogP contribution is -2.55. The molecule has 0 aromatic rings. The van der Waals surface area contributed by atoms with Crippen LogP contribution in [0.4, 0.5) is 0 Å². The van der Waals surface area contributed by atoms with E-state index in [0.29, 0.717) is 12.8 Å². The zero-order chi connectivity index (χ0) is 40.8. The van der Waals surface area contributed by atoms with Crippen molar-refractivity contribution in [3.05, 3.63) is 0 Å². The normalized spacial score (nSPS) is 20.0. The molecule has 1 fully saturated rings. The van der Waals surface area contributed by atoms with Gasteiger partial charge in [0.25, 0.3) is 0 Å². The molecule has 7 N–H and O–H groups in total. The molecular weight excluding hydrogens is 708 g/mol. The van der Waals surface area contributed by atoms with Gasteiger partial charge in [0.15, 0.2) is 6.29 Å². The molecule has 13 heteroatoms. The number of ether oxygens (including phenoxy) is 2. The van der Waals surface area contributed by atoms with Gasteiger partial charge in [-0.1, -0.05) is 155 Å². The molecule has 0 unspecified atom stereocenters. The molecule has 0 radical (unpaired) electrons. The molecular formula is C42H78N2O11. The van der Waals surface area contributed by atoms with Crippen molar-refractivity contribution in [1.82, 2.24) is 10.6 Å². The van der Waals surface area contributed by atoms with Crippen LogP contribution in [-0.2, 0) is 28.7 Å². The third-order valence-electron chi connectivity index (χ3n) is 10.7. The average Bonchev–Trinajstić information content (AvgIpc) is 3.43. The number of rotatable bonds is 36. The SMILES string of the molecule is CCCCCCCCCCCCCC(CCCCCCCCCCCCC)C(=O)N[C@H](CO[C@@H]1O[C@H]([C@H](C)O)[C@@H](O)[C@@H]1O)C(=O)N[C@@H](CCC(=O)O)C(=O)O. The van der Waals surface area contributed by atoms with Crippen LogP contribution in [-0.4, -0.2) is 98.7 Å². The highest BCUT2D eigenvalue weighted by atomic mass is 16.7. The average molecular weight is 787 g/mol. The summed E-state index contributed by atoms with van der Waals surface area (Å²) in [5.41, 5.74) is 0. The van der Waals surface area contributed by atoms with Gasteiger partial charge < -0.3 is 45.6 Å². The Morgan fingerprint density at radius 2 is 1.02 bits per heavy atom. The van der Waals surface area contributed by atoms with E-state index >= 15 is 0 Å². The molecule has 0 aliphatic carbocycles. The number of hydrogen-bond donors (Lipinski definition) is 7. The number of aliphatic hydroxyl groups is 3. The minimum absolute atomic E-state index is 0.366. The number of carbonyl (C=O) groups excluding carboxylic acids is 2. The summed E-state index contributed by atoms with van der Waals surface area (Å²) in [5, 5.41) is 54.5. The molecule has 1 aliphatic rings. The summed E-state index contributed by atoms with van der Waals surface area (Å²) < 4.78 is 11.1. The summed E-state index contributed by atoms with van der Waals surface area (Å²) in [5.74, 6) is -4.29. The predicted octanol–water partition coefficient (Wildman–Crippen LogP) is 6.77. The Bertz CT molecular complexity index is 1000. The van der Waals surface area contributed by atoms with Gasteiger partial charge in [0.05, 0.1) is 12.7 Å². The highest BCUT2D eigenvalue weighted by Crippen LogP contribution is 2.25. The van der Waals surface area contributed by atoms with Crippen LogP contribution in [0.1, 0.15) is 188 Å². The van der Waals surface area contributed by atoms with Crippen molar-refractivity contribution in [3.63, 3.8) is 0 Å². The number of unbranched alkanes of at least 4 members (excludes halogenated alkanes) is 20. The number of nitrogens with one attached hydrogen (secondary N) is 2. The van der Waals surface area contributed by atoms with Gasteiger partial charge in [-0.15, -0.1) is 0 Å². The number of amides is 2. The van der Waals surface area contributed by atoms with Crippen LogP contribution in [0.5, 0.6) is 0 Å². The molecule has 1 heterocycles. The molecule has 7 atom stereocenters. The van der Waals surface area contributed by atoms with Gasteiger partial charge in [0, 0.05) is 12.3 Å². The Morgan fingerprint density at radius 1 is 0.600 bits per heavy atom. The number of carbonyl (C=O) groups is 4. The first-order valence-electron chi connectivity index (χ1n) is 21.8. The lowest BCUT2D eigenvalue weighted by atomic mass is 9.93. The van der Waals surface area contributed by atoms with Crippen molar-refractivity contribution in [2.75, 3.05) is 6.61 Å². The number of hydrogen-bond acceptors (Lipinski definition) is 9. The zero-order valence-corrected chi connectivity index (χ0v) is 34.4. The van der Waals surface area contributed by atoms with E-state index < -0.39 is 73.7 Å². The highest BCUT2D eigenvalue weighted by molar-refractivity contribution is 5.91. The first-order chi connectivity index (χ1) is 26.4. The van der Waals surface area contributed by atoms with Crippen molar-refractivity contribution >= 4 is 23.8 Å². The molecule has 322 valence electrons. The summed E-state index contributed by atoms with van der Waals surface area (Å²) >= 11 is 0. The van der Waals surface area contributed by atoms with Crippen LogP contribution in [0.15, 0.2) is 0 Å². The van der Waals surface area contributed by atoms with Gasteiger partial charge in [0.2, 0.25) is 11.8 Å². The second kappa shape index (κ2) is 31.7. The van der Waals surface area contributed by atoms with Gasteiger partial charge in [-0.3, -0.25) is 14.4 Å². The molecule has 0 spiro atoms. The van der Waals surface area contributed by atoms with Crippen LogP contribution < -0.4 is 10.6 Å². The second-order valence-corrected chi connectivity index (χ2v) is 15.8. The maximum Gasteiger partial charge on any atom is 0.326 e. The van der Waals surface area contributed by atoms with Gasteiger partial charge >= 0.3 is 11.9 Å². The first kappa shape index (κ1) is 50.7. The van der Waals surface area contributed by atoms with Crippen molar-refractivity contribution in [2.24, 2.45) is 5.92 Å². The van der Waals surface area contributed by atoms with Crippen LogP contribution in [0, 0.1) is 5.92 Å². The van der Waals surface area contributed by atoms with E-state index in [1.54, 1.807) is 0 Å². The fraction of sp³-hybridized carbons (Fsp3) is 0.905. The predicted molar refractivity (Wildman–Crippen MR) is 212 cm³/mol. The topological polar surface area (TPSA) is 212 Å². The number of carboxylic acid groups (broad SMARTS) is 2. The van der Waals surface area contributed by atoms with Crippen molar-refractivity contribution in [2.45, 2.75) is 231 Å². The summed E-state index contributed by atoms with van der Waals surface area (Å²) in [7, 11) is 0. The third-order valence-corrected chi connectivity index (χ3v) is 10.7. The van der Waals surface area contributed by atoms with E-state index in [9.17, 15) is 39.6 Å². The van der Waals surface area contributed by atoms with E-state index in [1.165, 1.54) is 96.8 Å². The highest BCUT2D eigenvalue weighted by Gasteiger charge is 2.46. The monoisotopic (exact) mass is 787 g/mol. The first-order valence-corrected chi connectivity index (χ1v) is 21.8. The Kier molecular flexibility index (Phi) is 29.2. The van der Waals surface area contributed by atoms with E-state index in [1.807, 2.05) is 0 Å². The summed E-state index contributed by atoms with van der Waals surface area (Å²) in [6, 6.07) is -2.93. The smallest absolute Gasteiger partial charge is 0.326 e. The maximum atomic E-state index is 13.9. The van der Waals surface area contributed by atoms with Crippen LogP contribution in [0.25, 0.3) is 0 Å². The molecule has 1 aliphatic heterocycles. The van der Waals surface area contributed by atoms with Gasteiger partial charge in [0.1, 0.15) is 30.4 Å². The molecule has 0 bridgehead atoms. The van der Waals surface area contributed by atoms with Crippen molar-refractivity contribution in [3.8, 4) is 0 Å². The molecule has 1 saturated heterocycles. The lowest BCUT2D eigenvalue weighted by Gasteiger charge is -2.25. The largest absolute Gasteiger partial charge is 0.481 e. The molecule has 55 heavy (non-hydrogen) atoms. The van der Waals surface area contributed by atoms with Crippen LogP contribution >= 0.6 is 0 Å². The Morgan fingerprint density at radius 3 is 1.40 bits per heavy atom.